The fourth-order valence-corrected chi connectivity index (χ4v) is 3.25. The van der Waals surface area contributed by atoms with Crippen LogP contribution in [0.5, 0.6) is 5.75 Å². The van der Waals surface area contributed by atoms with Crippen LogP contribution in [0.15, 0.2) is 77.9 Å². The Kier molecular flexibility index (Phi) is 5.52. The number of benzene rings is 3. The highest BCUT2D eigenvalue weighted by Crippen LogP contribution is 2.24. The third-order valence-electron chi connectivity index (χ3n) is 4.74. The van der Waals surface area contributed by atoms with E-state index in [1.165, 1.54) is 10.9 Å². The lowest BCUT2D eigenvalue weighted by Gasteiger charge is -2.10. The number of rotatable bonds is 7. The number of carbonyl (C=O) groups is 1. The molecule has 0 bridgehead atoms. The molecule has 0 spiro atoms. The molecule has 6 nitrogen and oxygen atoms in total. The van der Waals surface area contributed by atoms with Crippen molar-refractivity contribution in [2.45, 2.75) is 13.0 Å². The molecule has 1 N–H and O–H groups in total. The number of amides is 1. The summed E-state index contributed by atoms with van der Waals surface area (Å²) >= 11 is 0. The molecule has 29 heavy (non-hydrogen) atoms. The summed E-state index contributed by atoms with van der Waals surface area (Å²) in [5, 5.41) is 5.54. The number of ether oxygens (including phenoxy) is 1. The maximum atomic E-state index is 12.4. The minimum absolute atomic E-state index is 0.133. The van der Waals surface area contributed by atoms with Gasteiger partial charge >= 0.3 is 0 Å². The summed E-state index contributed by atoms with van der Waals surface area (Å²) in [7, 11) is 0. The van der Waals surface area contributed by atoms with Gasteiger partial charge in [-0.3, -0.25) is 14.2 Å². The highest BCUT2D eigenvalue weighted by atomic mass is 16.5. The summed E-state index contributed by atoms with van der Waals surface area (Å²) in [6.07, 6.45) is 1.69. The Hall–Kier alpha value is -3.67. The first-order valence-electron chi connectivity index (χ1n) is 9.54. The first-order valence-corrected chi connectivity index (χ1v) is 9.54. The van der Waals surface area contributed by atoms with Crippen LogP contribution in [0.4, 0.5) is 0 Å². The number of aryl methyl sites for hydroxylation is 1. The number of nitrogens with zero attached hydrogens (tertiary/aromatic N) is 2. The van der Waals surface area contributed by atoms with Crippen LogP contribution in [-0.2, 0) is 11.3 Å². The molecular weight excluding hydrogens is 366 g/mol. The lowest BCUT2D eigenvalue weighted by atomic mass is 10.1. The molecule has 6 heteroatoms. The zero-order valence-electron chi connectivity index (χ0n) is 15.9. The van der Waals surface area contributed by atoms with E-state index in [0.29, 0.717) is 24.1 Å². The summed E-state index contributed by atoms with van der Waals surface area (Å²) in [6, 6.07) is 21.1. The second-order valence-electron chi connectivity index (χ2n) is 6.69. The summed E-state index contributed by atoms with van der Waals surface area (Å²) < 4.78 is 7.29. The van der Waals surface area contributed by atoms with Gasteiger partial charge in [-0.2, -0.15) is 0 Å². The molecule has 1 heterocycles. The van der Waals surface area contributed by atoms with E-state index < -0.39 is 0 Å². The molecule has 1 amide bonds. The van der Waals surface area contributed by atoms with Gasteiger partial charge in [0.05, 0.1) is 23.8 Å². The minimum Gasteiger partial charge on any atom is -0.491 e. The highest BCUT2D eigenvalue weighted by molar-refractivity contribution is 5.88. The number of hydrogen-bond acceptors (Lipinski definition) is 4. The Morgan fingerprint density at radius 1 is 0.966 bits per heavy atom. The molecule has 0 aliphatic carbocycles. The van der Waals surface area contributed by atoms with Gasteiger partial charge in [-0.15, -0.1) is 0 Å². The van der Waals surface area contributed by atoms with Crippen LogP contribution in [-0.4, -0.2) is 28.6 Å². The number of nitrogens with one attached hydrogen (secondary N) is 1. The normalized spacial score (nSPS) is 10.9. The maximum absolute atomic E-state index is 12.4. The summed E-state index contributed by atoms with van der Waals surface area (Å²) in [4.78, 5) is 28.8. The number of aromatic nitrogens is 2. The zero-order valence-corrected chi connectivity index (χ0v) is 15.9. The molecule has 0 fully saturated rings. The van der Waals surface area contributed by atoms with E-state index in [9.17, 15) is 9.59 Å². The van der Waals surface area contributed by atoms with Gasteiger partial charge in [0, 0.05) is 18.4 Å². The van der Waals surface area contributed by atoms with Gasteiger partial charge in [0.15, 0.2) is 0 Å². The molecule has 0 saturated heterocycles. The lowest BCUT2D eigenvalue weighted by Crippen LogP contribution is -2.30. The number of hydrogen-bond donors (Lipinski definition) is 1. The highest BCUT2D eigenvalue weighted by Gasteiger charge is 2.07. The molecule has 1 aromatic heterocycles. The maximum Gasteiger partial charge on any atom is 0.261 e. The van der Waals surface area contributed by atoms with Gasteiger partial charge in [-0.05, 0) is 23.6 Å². The van der Waals surface area contributed by atoms with Gasteiger partial charge in [0.1, 0.15) is 12.4 Å². The Morgan fingerprint density at radius 2 is 1.72 bits per heavy atom. The van der Waals surface area contributed by atoms with Gasteiger partial charge in [0.25, 0.3) is 5.56 Å². The predicted molar refractivity (Wildman–Crippen MR) is 113 cm³/mol. The predicted octanol–water partition coefficient (Wildman–Crippen LogP) is 3.14. The fourth-order valence-electron chi connectivity index (χ4n) is 3.25. The Morgan fingerprint density at radius 3 is 2.62 bits per heavy atom. The standard InChI is InChI=1S/C23H21N3O3/c27-22(12-14-26-16-25-20-10-4-3-9-19(20)23(26)28)24-13-15-29-21-11-5-7-17-6-1-2-8-18(17)21/h1-11,16H,12-15H2,(H,24,27). The van der Waals surface area contributed by atoms with Crippen molar-refractivity contribution in [3.05, 3.63) is 83.4 Å². The number of carbonyl (C=O) groups excluding carboxylic acids is 1. The largest absolute Gasteiger partial charge is 0.491 e. The lowest BCUT2D eigenvalue weighted by molar-refractivity contribution is -0.121. The SMILES string of the molecule is O=C(CCn1cnc2ccccc2c1=O)NCCOc1cccc2ccccc12. The fraction of sp³-hybridized carbons (Fsp3) is 0.174. The second-order valence-corrected chi connectivity index (χ2v) is 6.69. The third-order valence-corrected chi connectivity index (χ3v) is 4.74. The molecule has 0 aliphatic heterocycles. The van der Waals surface area contributed by atoms with Gasteiger partial charge in [-0.1, -0.05) is 48.5 Å². The molecule has 0 atom stereocenters. The molecule has 3 aromatic carbocycles. The van der Waals surface area contributed by atoms with Gasteiger partial charge in [0.2, 0.25) is 5.91 Å². The van der Waals surface area contributed by atoms with Crippen LogP contribution in [0, 0.1) is 0 Å². The zero-order chi connectivity index (χ0) is 20.1. The monoisotopic (exact) mass is 387 g/mol. The van der Waals surface area contributed by atoms with E-state index in [-0.39, 0.29) is 24.4 Å². The topological polar surface area (TPSA) is 73.2 Å². The van der Waals surface area contributed by atoms with Crippen molar-refractivity contribution in [3.63, 3.8) is 0 Å². The number of para-hydroxylation sites is 1. The molecule has 0 radical (unpaired) electrons. The van der Waals surface area contributed by atoms with Crippen molar-refractivity contribution >= 4 is 27.6 Å². The van der Waals surface area contributed by atoms with Crippen molar-refractivity contribution in [1.82, 2.24) is 14.9 Å². The van der Waals surface area contributed by atoms with Gasteiger partial charge in [-0.25, -0.2) is 4.98 Å². The van der Waals surface area contributed by atoms with E-state index in [4.69, 9.17) is 4.74 Å². The van der Waals surface area contributed by atoms with E-state index in [1.807, 2.05) is 48.5 Å². The summed E-state index contributed by atoms with van der Waals surface area (Å²) in [5.41, 5.74) is 0.520. The number of fused-ring (bicyclic) bond motifs is 2. The molecule has 146 valence electrons. The molecule has 0 aliphatic rings. The Bertz CT molecular complexity index is 1210. The van der Waals surface area contributed by atoms with Crippen molar-refractivity contribution in [2.75, 3.05) is 13.2 Å². The molecule has 4 rings (SSSR count). The van der Waals surface area contributed by atoms with Crippen LogP contribution < -0.4 is 15.6 Å². The first-order chi connectivity index (χ1) is 14.2. The van der Waals surface area contributed by atoms with Crippen molar-refractivity contribution in [1.29, 1.82) is 0 Å². The van der Waals surface area contributed by atoms with Crippen LogP contribution in [0.25, 0.3) is 21.7 Å². The van der Waals surface area contributed by atoms with E-state index in [0.717, 1.165) is 16.5 Å². The van der Waals surface area contributed by atoms with Crippen LogP contribution in [0.2, 0.25) is 0 Å². The van der Waals surface area contributed by atoms with Crippen molar-refractivity contribution in [2.24, 2.45) is 0 Å². The van der Waals surface area contributed by atoms with E-state index in [1.54, 1.807) is 18.2 Å². The average Bonchev–Trinajstić information content (AvgIpc) is 2.76. The second kappa shape index (κ2) is 8.56. The van der Waals surface area contributed by atoms with Crippen molar-refractivity contribution < 1.29 is 9.53 Å². The molecular formula is C23H21N3O3. The first kappa shape index (κ1) is 18.7. The Labute approximate surface area is 167 Å². The quantitative estimate of drug-likeness (QED) is 0.495. The van der Waals surface area contributed by atoms with Gasteiger partial charge < -0.3 is 10.1 Å². The molecule has 0 saturated carbocycles. The van der Waals surface area contributed by atoms with E-state index >= 15 is 0 Å². The summed E-state index contributed by atoms with van der Waals surface area (Å²) in [6.45, 7) is 1.05. The van der Waals surface area contributed by atoms with Crippen LogP contribution in [0.3, 0.4) is 0 Å². The molecule has 4 aromatic rings. The van der Waals surface area contributed by atoms with Crippen molar-refractivity contribution in [3.8, 4) is 5.75 Å². The third kappa shape index (κ3) is 4.27. The minimum atomic E-state index is -0.136. The van der Waals surface area contributed by atoms with E-state index in [2.05, 4.69) is 10.3 Å². The smallest absolute Gasteiger partial charge is 0.261 e. The molecule has 0 unspecified atom stereocenters. The Balaban J connectivity index is 1.27. The average molecular weight is 387 g/mol. The summed E-state index contributed by atoms with van der Waals surface area (Å²) in [5.74, 6) is 0.665. The van der Waals surface area contributed by atoms with Crippen LogP contribution in [0.1, 0.15) is 6.42 Å². The van der Waals surface area contributed by atoms with Crippen LogP contribution >= 0.6 is 0 Å².